The summed E-state index contributed by atoms with van der Waals surface area (Å²) in [6.45, 7) is 9.59. The molecule has 0 bridgehead atoms. The fourth-order valence-electron chi connectivity index (χ4n) is 2.65. The number of aromatic nitrogens is 1. The van der Waals surface area contributed by atoms with Crippen LogP contribution in [0.1, 0.15) is 44.4 Å². The summed E-state index contributed by atoms with van der Waals surface area (Å²) in [7, 11) is 0. The molecule has 0 radical (unpaired) electrons. The molecule has 1 aromatic heterocycles. The van der Waals surface area contributed by atoms with Crippen LogP contribution in [0.25, 0.3) is 0 Å². The zero-order valence-corrected chi connectivity index (χ0v) is 11.9. The second-order valence-electron chi connectivity index (χ2n) is 6.18. The molecular formula is C15H25N3. The number of nitrogens with zero attached hydrogens (tertiary/aromatic N) is 2. The molecule has 2 heterocycles. The summed E-state index contributed by atoms with van der Waals surface area (Å²) >= 11 is 0. The number of aryl methyl sites for hydroxylation is 1. The van der Waals surface area contributed by atoms with Crippen LogP contribution >= 0.6 is 0 Å². The lowest BCUT2D eigenvalue weighted by Gasteiger charge is -2.24. The SMILES string of the molecule is Cc1cc(CN)cc(N2CCCC(C)(C)CC2)n1. The molecule has 0 amide bonds. The van der Waals surface area contributed by atoms with E-state index in [1.807, 2.05) is 6.92 Å². The summed E-state index contributed by atoms with van der Waals surface area (Å²) in [5.41, 5.74) is 8.46. The highest BCUT2D eigenvalue weighted by atomic mass is 15.2. The van der Waals surface area contributed by atoms with Crippen molar-refractivity contribution in [2.24, 2.45) is 11.1 Å². The summed E-state index contributed by atoms with van der Waals surface area (Å²) in [6.07, 6.45) is 3.79. The van der Waals surface area contributed by atoms with Crippen LogP contribution in [0, 0.1) is 12.3 Å². The highest BCUT2D eigenvalue weighted by Gasteiger charge is 2.23. The van der Waals surface area contributed by atoms with Crippen LogP contribution < -0.4 is 10.6 Å². The highest BCUT2D eigenvalue weighted by Crippen LogP contribution is 2.31. The Morgan fingerprint density at radius 2 is 2.06 bits per heavy atom. The van der Waals surface area contributed by atoms with Crippen molar-refractivity contribution in [3.8, 4) is 0 Å². The maximum Gasteiger partial charge on any atom is 0.129 e. The molecule has 1 aromatic rings. The quantitative estimate of drug-likeness (QED) is 0.873. The van der Waals surface area contributed by atoms with Crippen molar-refractivity contribution in [3.63, 3.8) is 0 Å². The van der Waals surface area contributed by atoms with E-state index >= 15 is 0 Å². The molecule has 1 aliphatic rings. The molecule has 0 aromatic carbocycles. The van der Waals surface area contributed by atoms with E-state index in [2.05, 4.69) is 35.9 Å². The molecular weight excluding hydrogens is 222 g/mol. The number of nitrogens with two attached hydrogens (primary N) is 1. The standard InChI is InChI=1S/C15H25N3/c1-12-9-13(11-16)10-14(17-12)18-7-4-5-15(2,3)6-8-18/h9-10H,4-8,11,16H2,1-3H3. The molecule has 2 N–H and O–H groups in total. The lowest BCUT2D eigenvalue weighted by atomic mass is 9.85. The Bertz CT molecular complexity index is 412. The summed E-state index contributed by atoms with van der Waals surface area (Å²) in [5.74, 6) is 1.10. The number of pyridine rings is 1. The third-order valence-corrected chi connectivity index (χ3v) is 3.90. The fraction of sp³-hybridized carbons (Fsp3) is 0.667. The topological polar surface area (TPSA) is 42.1 Å². The van der Waals surface area contributed by atoms with E-state index in [9.17, 15) is 0 Å². The van der Waals surface area contributed by atoms with Gasteiger partial charge in [-0.3, -0.25) is 0 Å². The molecule has 18 heavy (non-hydrogen) atoms. The van der Waals surface area contributed by atoms with E-state index in [-0.39, 0.29) is 0 Å². The number of anilines is 1. The average molecular weight is 247 g/mol. The zero-order valence-electron chi connectivity index (χ0n) is 11.9. The van der Waals surface area contributed by atoms with Gasteiger partial charge in [0.1, 0.15) is 5.82 Å². The first-order valence-corrected chi connectivity index (χ1v) is 6.93. The highest BCUT2D eigenvalue weighted by molar-refractivity contribution is 5.42. The summed E-state index contributed by atoms with van der Waals surface area (Å²) in [4.78, 5) is 7.08. The Morgan fingerprint density at radius 1 is 1.28 bits per heavy atom. The second kappa shape index (κ2) is 5.27. The molecule has 3 heteroatoms. The van der Waals surface area contributed by atoms with Gasteiger partial charge in [0.2, 0.25) is 0 Å². The zero-order chi connectivity index (χ0) is 13.2. The third kappa shape index (κ3) is 3.22. The van der Waals surface area contributed by atoms with Crippen molar-refractivity contribution < 1.29 is 0 Å². The van der Waals surface area contributed by atoms with Gasteiger partial charge < -0.3 is 10.6 Å². The Kier molecular flexibility index (Phi) is 3.91. The maximum absolute atomic E-state index is 5.74. The maximum atomic E-state index is 5.74. The molecule has 0 spiro atoms. The van der Waals surface area contributed by atoms with Crippen molar-refractivity contribution >= 4 is 5.82 Å². The molecule has 1 fully saturated rings. The Morgan fingerprint density at radius 3 is 2.78 bits per heavy atom. The molecule has 2 rings (SSSR count). The van der Waals surface area contributed by atoms with E-state index < -0.39 is 0 Å². The van der Waals surface area contributed by atoms with E-state index in [1.54, 1.807) is 0 Å². The minimum atomic E-state index is 0.468. The largest absolute Gasteiger partial charge is 0.357 e. The molecule has 0 atom stereocenters. The van der Waals surface area contributed by atoms with Gasteiger partial charge in [-0.05, 0) is 49.3 Å². The van der Waals surface area contributed by atoms with Crippen LogP contribution in [-0.2, 0) is 6.54 Å². The van der Waals surface area contributed by atoms with Crippen molar-refractivity contribution in [2.75, 3.05) is 18.0 Å². The van der Waals surface area contributed by atoms with Crippen LogP contribution in [-0.4, -0.2) is 18.1 Å². The van der Waals surface area contributed by atoms with E-state index in [0.717, 1.165) is 24.6 Å². The first kappa shape index (κ1) is 13.3. The van der Waals surface area contributed by atoms with Gasteiger partial charge in [-0.25, -0.2) is 4.98 Å². The van der Waals surface area contributed by atoms with Gasteiger partial charge in [-0.2, -0.15) is 0 Å². The molecule has 100 valence electrons. The molecule has 1 saturated heterocycles. The van der Waals surface area contributed by atoms with Gasteiger partial charge in [0.25, 0.3) is 0 Å². The van der Waals surface area contributed by atoms with Crippen molar-refractivity contribution in [1.29, 1.82) is 0 Å². The minimum absolute atomic E-state index is 0.468. The van der Waals surface area contributed by atoms with Gasteiger partial charge in [0.05, 0.1) is 0 Å². The molecule has 0 saturated carbocycles. The van der Waals surface area contributed by atoms with Gasteiger partial charge in [-0.1, -0.05) is 13.8 Å². The van der Waals surface area contributed by atoms with Crippen molar-refractivity contribution in [2.45, 2.75) is 46.6 Å². The predicted molar refractivity (Wildman–Crippen MR) is 76.7 cm³/mol. The minimum Gasteiger partial charge on any atom is -0.357 e. The number of rotatable bonds is 2. The summed E-state index contributed by atoms with van der Waals surface area (Å²) in [5, 5.41) is 0. The van der Waals surface area contributed by atoms with Crippen molar-refractivity contribution in [1.82, 2.24) is 4.98 Å². The number of hydrogen-bond acceptors (Lipinski definition) is 3. The Balaban J connectivity index is 2.18. The molecule has 1 aliphatic heterocycles. The molecule has 0 aliphatic carbocycles. The first-order chi connectivity index (χ1) is 8.50. The predicted octanol–water partition coefficient (Wildman–Crippen LogP) is 2.87. The lowest BCUT2D eigenvalue weighted by Crippen LogP contribution is -2.26. The molecule has 0 unspecified atom stereocenters. The second-order valence-corrected chi connectivity index (χ2v) is 6.18. The number of hydrogen-bond donors (Lipinski definition) is 1. The fourth-order valence-corrected chi connectivity index (χ4v) is 2.65. The van der Waals surface area contributed by atoms with Gasteiger partial charge in [0, 0.05) is 25.3 Å². The van der Waals surface area contributed by atoms with E-state index in [4.69, 9.17) is 5.73 Å². The first-order valence-electron chi connectivity index (χ1n) is 6.93. The van der Waals surface area contributed by atoms with Crippen LogP contribution in [0.2, 0.25) is 0 Å². The Labute approximate surface area is 110 Å². The lowest BCUT2D eigenvalue weighted by molar-refractivity contribution is 0.325. The van der Waals surface area contributed by atoms with Crippen molar-refractivity contribution in [3.05, 3.63) is 23.4 Å². The van der Waals surface area contributed by atoms with Crippen LogP contribution in [0.3, 0.4) is 0 Å². The average Bonchev–Trinajstić information content (AvgIpc) is 2.49. The van der Waals surface area contributed by atoms with Gasteiger partial charge in [0.15, 0.2) is 0 Å². The summed E-state index contributed by atoms with van der Waals surface area (Å²) < 4.78 is 0. The summed E-state index contributed by atoms with van der Waals surface area (Å²) in [6, 6.07) is 4.22. The van der Waals surface area contributed by atoms with E-state index in [0.29, 0.717) is 12.0 Å². The monoisotopic (exact) mass is 247 g/mol. The smallest absolute Gasteiger partial charge is 0.129 e. The molecule has 3 nitrogen and oxygen atoms in total. The Hall–Kier alpha value is -1.09. The van der Waals surface area contributed by atoms with Gasteiger partial charge in [-0.15, -0.1) is 0 Å². The van der Waals surface area contributed by atoms with Crippen LogP contribution in [0.4, 0.5) is 5.82 Å². The third-order valence-electron chi connectivity index (χ3n) is 3.90. The van der Waals surface area contributed by atoms with E-state index in [1.165, 1.54) is 24.8 Å². The van der Waals surface area contributed by atoms with Gasteiger partial charge >= 0.3 is 0 Å². The normalized spacial score (nSPS) is 19.7. The van der Waals surface area contributed by atoms with Crippen LogP contribution in [0.15, 0.2) is 12.1 Å². The van der Waals surface area contributed by atoms with Crippen LogP contribution in [0.5, 0.6) is 0 Å².